The Morgan fingerprint density at radius 3 is 1.12 bits per heavy atom. The maximum Gasteiger partial charge on any atom is 0.170 e. The third-order valence-electron chi connectivity index (χ3n) is 3.01. The molecule has 0 aliphatic heterocycles. The topological polar surface area (TPSA) is 68.3 Å². The van der Waals surface area contributed by atoms with Gasteiger partial charge in [-0.3, -0.25) is 19.2 Å². The molecule has 0 amide bonds. The van der Waals surface area contributed by atoms with Crippen molar-refractivity contribution < 1.29 is 40.2 Å². The molecule has 0 N–H and O–H groups in total. The Kier molecular flexibility index (Phi) is 11.1. The first-order chi connectivity index (χ1) is 11.4. The third kappa shape index (κ3) is 9.63. The number of carbonyl (C=O) groups excluding carboxylic acids is 4. The van der Waals surface area contributed by atoms with E-state index in [2.05, 4.69) is 0 Å². The monoisotopic (exact) mass is 519 g/mol. The van der Waals surface area contributed by atoms with E-state index in [4.69, 9.17) is 0 Å². The van der Waals surface area contributed by atoms with Crippen LogP contribution in [0.4, 0.5) is 0 Å². The molecule has 2 rings (SSSR count). The maximum absolute atomic E-state index is 11.2. The van der Waals surface area contributed by atoms with Crippen LogP contribution in [-0.2, 0) is 30.7 Å². The zero-order valence-electron chi connectivity index (χ0n) is 14.1. The molecule has 134 valence electrons. The van der Waals surface area contributed by atoms with Crippen molar-refractivity contribution in [3.8, 4) is 0 Å². The fourth-order valence-electron chi connectivity index (χ4n) is 1.90. The van der Waals surface area contributed by atoms with Crippen molar-refractivity contribution in [3.05, 3.63) is 71.8 Å². The van der Waals surface area contributed by atoms with Gasteiger partial charge in [0.2, 0.25) is 0 Å². The molecule has 2 aromatic rings. The molecular formula is C20H20O4Pt. The molecule has 4 nitrogen and oxygen atoms in total. The van der Waals surface area contributed by atoms with Crippen LogP contribution < -0.4 is 0 Å². The second-order valence-electron chi connectivity index (χ2n) is 5.34. The molecule has 0 unspecified atom stereocenters. The maximum atomic E-state index is 11.2. The van der Waals surface area contributed by atoms with Gasteiger partial charge in [-0.15, -0.1) is 0 Å². The van der Waals surface area contributed by atoms with Crippen LogP contribution in [0.15, 0.2) is 60.7 Å². The summed E-state index contributed by atoms with van der Waals surface area (Å²) in [5.41, 5.74) is 1.21. The average molecular weight is 519 g/mol. The van der Waals surface area contributed by atoms with Crippen LogP contribution in [0.25, 0.3) is 0 Å². The van der Waals surface area contributed by atoms with Crippen molar-refractivity contribution in [1.82, 2.24) is 0 Å². The van der Waals surface area contributed by atoms with E-state index < -0.39 is 0 Å². The zero-order chi connectivity index (χ0) is 17.9. The molecule has 0 radical (unpaired) electrons. The summed E-state index contributed by atoms with van der Waals surface area (Å²) in [6.07, 6.45) is 0.00796. The van der Waals surface area contributed by atoms with Crippen LogP contribution in [0.5, 0.6) is 0 Å². The predicted molar refractivity (Wildman–Crippen MR) is 92.1 cm³/mol. The Morgan fingerprint density at radius 2 is 0.880 bits per heavy atom. The van der Waals surface area contributed by atoms with E-state index in [1.165, 1.54) is 13.8 Å². The Balaban J connectivity index is 0.000000443. The van der Waals surface area contributed by atoms with E-state index in [1.807, 2.05) is 12.1 Å². The number of hydrogen-bond acceptors (Lipinski definition) is 4. The largest absolute Gasteiger partial charge is 0.300 e. The van der Waals surface area contributed by atoms with Gasteiger partial charge in [-0.1, -0.05) is 60.7 Å². The summed E-state index contributed by atoms with van der Waals surface area (Å²) < 4.78 is 0. The van der Waals surface area contributed by atoms with Gasteiger partial charge < -0.3 is 0 Å². The van der Waals surface area contributed by atoms with Crippen LogP contribution in [0, 0.1) is 0 Å². The van der Waals surface area contributed by atoms with Gasteiger partial charge >= 0.3 is 0 Å². The number of carbonyl (C=O) groups is 4. The van der Waals surface area contributed by atoms with E-state index in [0.717, 1.165) is 0 Å². The Bertz CT molecular complexity index is 645. The second-order valence-corrected chi connectivity index (χ2v) is 5.34. The molecule has 5 heteroatoms. The standard InChI is InChI=1S/2C10H10O2.Pt/c2*1-8(11)7-10(12)9-5-3-2-4-6-9;/h2*2-6H,7H2,1H3;. The minimum absolute atomic E-state index is 0. The molecule has 0 saturated carbocycles. The Labute approximate surface area is 161 Å². The van der Waals surface area contributed by atoms with Crippen molar-refractivity contribution in [3.63, 3.8) is 0 Å². The molecule has 0 saturated heterocycles. The first-order valence-electron chi connectivity index (χ1n) is 7.55. The van der Waals surface area contributed by atoms with E-state index in [9.17, 15) is 19.2 Å². The summed E-state index contributed by atoms with van der Waals surface area (Å²) >= 11 is 0. The normalized spacial score (nSPS) is 9.04. The van der Waals surface area contributed by atoms with Crippen molar-refractivity contribution in [2.75, 3.05) is 0 Å². The van der Waals surface area contributed by atoms with Gasteiger partial charge in [0, 0.05) is 32.2 Å². The zero-order valence-corrected chi connectivity index (χ0v) is 16.4. The third-order valence-corrected chi connectivity index (χ3v) is 3.01. The predicted octanol–water partition coefficient (Wildman–Crippen LogP) is 3.69. The molecule has 0 aliphatic carbocycles. The van der Waals surface area contributed by atoms with Crippen molar-refractivity contribution in [2.24, 2.45) is 0 Å². The minimum Gasteiger partial charge on any atom is -0.300 e. The van der Waals surface area contributed by atoms with Crippen LogP contribution in [0.3, 0.4) is 0 Å². The molecule has 0 aliphatic rings. The van der Waals surface area contributed by atoms with Gasteiger partial charge in [0.15, 0.2) is 11.6 Å². The summed E-state index contributed by atoms with van der Waals surface area (Å²) in [5.74, 6) is -0.404. The summed E-state index contributed by atoms with van der Waals surface area (Å²) in [6, 6.07) is 17.7. The molecule has 0 heterocycles. The second kappa shape index (κ2) is 12.2. The van der Waals surface area contributed by atoms with Gasteiger partial charge in [-0.05, 0) is 13.8 Å². The number of ketones is 4. The molecule has 25 heavy (non-hydrogen) atoms. The smallest absolute Gasteiger partial charge is 0.170 e. The van der Waals surface area contributed by atoms with Gasteiger partial charge in [0.05, 0.1) is 12.8 Å². The van der Waals surface area contributed by atoms with Gasteiger partial charge in [0.1, 0.15) is 11.6 Å². The van der Waals surface area contributed by atoms with Crippen molar-refractivity contribution >= 4 is 23.1 Å². The van der Waals surface area contributed by atoms with Crippen LogP contribution in [0.1, 0.15) is 47.4 Å². The SMILES string of the molecule is CC(=O)CC(=O)c1ccccc1.CC(=O)CC(=O)c1ccccc1.[Pt]. The summed E-state index contributed by atoms with van der Waals surface area (Å²) in [7, 11) is 0. The summed E-state index contributed by atoms with van der Waals surface area (Å²) in [5, 5.41) is 0. The molecule has 2 aromatic carbocycles. The van der Waals surface area contributed by atoms with Gasteiger partial charge in [-0.2, -0.15) is 0 Å². The minimum atomic E-state index is -0.108. The summed E-state index contributed by atoms with van der Waals surface area (Å²) in [6.45, 7) is 2.84. The first-order valence-corrected chi connectivity index (χ1v) is 7.55. The first kappa shape index (κ1) is 22.8. The quantitative estimate of drug-likeness (QED) is 0.431. The molecule has 0 atom stereocenters. The van der Waals surface area contributed by atoms with Crippen LogP contribution >= 0.6 is 0 Å². The fraction of sp³-hybridized carbons (Fsp3) is 0.200. The Hall–Kier alpha value is -2.19. The van der Waals surface area contributed by atoms with Gasteiger partial charge in [0.25, 0.3) is 0 Å². The number of hydrogen-bond donors (Lipinski definition) is 0. The number of Topliss-reactive ketones (excluding diaryl/α,β-unsaturated/α-hetero) is 4. The molecule has 0 bridgehead atoms. The van der Waals surface area contributed by atoms with Crippen molar-refractivity contribution in [2.45, 2.75) is 26.7 Å². The van der Waals surface area contributed by atoms with E-state index in [-0.39, 0.29) is 57.0 Å². The van der Waals surface area contributed by atoms with E-state index in [1.54, 1.807) is 48.5 Å². The van der Waals surface area contributed by atoms with Gasteiger partial charge in [-0.25, -0.2) is 0 Å². The fourth-order valence-corrected chi connectivity index (χ4v) is 1.90. The van der Waals surface area contributed by atoms with Crippen molar-refractivity contribution in [1.29, 1.82) is 0 Å². The Morgan fingerprint density at radius 1 is 0.600 bits per heavy atom. The van der Waals surface area contributed by atoms with Crippen LogP contribution in [-0.4, -0.2) is 23.1 Å². The average Bonchev–Trinajstić information content (AvgIpc) is 2.56. The summed E-state index contributed by atoms with van der Waals surface area (Å²) in [4.78, 5) is 43.7. The molecule has 0 spiro atoms. The van der Waals surface area contributed by atoms with Crippen LogP contribution in [0.2, 0.25) is 0 Å². The molecular weight excluding hydrogens is 499 g/mol. The number of rotatable bonds is 6. The van der Waals surface area contributed by atoms with E-state index in [0.29, 0.717) is 11.1 Å². The molecule has 0 aromatic heterocycles. The van der Waals surface area contributed by atoms with E-state index >= 15 is 0 Å². The number of benzene rings is 2. The molecule has 0 fully saturated rings.